The molecule has 0 spiro atoms. The molecule has 2 aromatic carbocycles. The Bertz CT molecular complexity index is 553. The number of morpholine rings is 1. The van der Waals surface area contributed by atoms with E-state index >= 15 is 0 Å². The standard InChI is InChI=1S/C17H18ClNO2/c18-15-6-8-16(9-7-15)21-17(14-4-2-1-3-5-14)19-10-12-20-13-11-19/h1-9,17H,10-13H2. The Hall–Kier alpha value is -1.55. The van der Waals surface area contributed by atoms with Crippen molar-refractivity contribution in [3.8, 4) is 5.75 Å². The van der Waals surface area contributed by atoms with Crippen LogP contribution < -0.4 is 4.74 Å². The highest BCUT2D eigenvalue weighted by molar-refractivity contribution is 6.30. The summed E-state index contributed by atoms with van der Waals surface area (Å²) in [6.07, 6.45) is -0.101. The molecule has 0 aliphatic carbocycles. The summed E-state index contributed by atoms with van der Waals surface area (Å²) in [6, 6.07) is 17.8. The zero-order chi connectivity index (χ0) is 14.5. The van der Waals surface area contributed by atoms with E-state index in [9.17, 15) is 0 Å². The molecule has 0 amide bonds. The second-order valence-corrected chi connectivity index (χ2v) is 5.42. The molecule has 1 heterocycles. The number of benzene rings is 2. The quantitative estimate of drug-likeness (QED) is 0.858. The highest BCUT2D eigenvalue weighted by atomic mass is 35.5. The first-order chi connectivity index (χ1) is 10.3. The SMILES string of the molecule is Clc1ccc(OC(c2ccccc2)N2CCOCC2)cc1. The maximum atomic E-state index is 6.21. The third-order valence-corrected chi connectivity index (χ3v) is 3.78. The molecule has 110 valence electrons. The lowest BCUT2D eigenvalue weighted by molar-refractivity contribution is -0.0475. The Morgan fingerprint density at radius 3 is 2.29 bits per heavy atom. The van der Waals surface area contributed by atoms with E-state index in [0.717, 1.165) is 37.6 Å². The fraction of sp³-hybridized carbons (Fsp3) is 0.294. The molecule has 2 aromatic rings. The van der Waals surface area contributed by atoms with E-state index < -0.39 is 0 Å². The van der Waals surface area contributed by atoms with E-state index in [2.05, 4.69) is 17.0 Å². The van der Waals surface area contributed by atoms with Crippen molar-refractivity contribution >= 4 is 11.6 Å². The van der Waals surface area contributed by atoms with Gasteiger partial charge in [-0.25, -0.2) is 0 Å². The number of rotatable bonds is 4. The normalized spacial score (nSPS) is 17.4. The summed E-state index contributed by atoms with van der Waals surface area (Å²) < 4.78 is 11.6. The number of ether oxygens (including phenoxy) is 2. The van der Waals surface area contributed by atoms with Crippen LogP contribution in [0.2, 0.25) is 5.02 Å². The third kappa shape index (κ3) is 3.76. The van der Waals surface area contributed by atoms with Crippen molar-refractivity contribution in [2.75, 3.05) is 26.3 Å². The predicted molar refractivity (Wildman–Crippen MR) is 83.7 cm³/mol. The molecule has 21 heavy (non-hydrogen) atoms. The molecule has 1 aliphatic heterocycles. The van der Waals surface area contributed by atoms with E-state index in [1.165, 1.54) is 0 Å². The Kier molecular flexibility index (Phi) is 4.76. The summed E-state index contributed by atoms with van der Waals surface area (Å²) in [7, 11) is 0. The first-order valence-electron chi connectivity index (χ1n) is 7.12. The average Bonchev–Trinajstić information content (AvgIpc) is 2.56. The van der Waals surface area contributed by atoms with Gasteiger partial charge >= 0.3 is 0 Å². The van der Waals surface area contributed by atoms with Crippen molar-refractivity contribution in [2.24, 2.45) is 0 Å². The minimum atomic E-state index is -0.101. The fourth-order valence-electron chi connectivity index (χ4n) is 2.43. The first kappa shape index (κ1) is 14.4. The summed E-state index contributed by atoms with van der Waals surface area (Å²) >= 11 is 5.93. The van der Waals surface area contributed by atoms with Gasteiger partial charge in [0.05, 0.1) is 13.2 Å². The van der Waals surface area contributed by atoms with Crippen LogP contribution in [0.4, 0.5) is 0 Å². The summed E-state index contributed by atoms with van der Waals surface area (Å²) in [6.45, 7) is 3.22. The Labute approximate surface area is 130 Å². The zero-order valence-corrected chi connectivity index (χ0v) is 12.5. The summed E-state index contributed by atoms with van der Waals surface area (Å²) in [5.41, 5.74) is 1.15. The third-order valence-electron chi connectivity index (χ3n) is 3.52. The largest absolute Gasteiger partial charge is 0.471 e. The summed E-state index contributed by atoms with van der Waals surface area (Å²) in [4.78, 5) is 2.30. The van der Waals surface area contributed by atoms with Gasteiger partial charge in [-0.1, -0.05) is 41.9 Å². The van der Waals surface area contributed by atoms with Crippen LogP contribution in [0.25, 0.3) is 0 Å². The Morgan fingerprint density at radius 2 is 1.62 bits per heavy atom. The summed E-state index contributed by atoms with van der Waals surface area (Å²) in [5.74, 6) is 0.819. The fourth-order valence-corrected chi connectivity index (χ4v) is 2.55. The van der Waals surface area contributed by atoms with Gasteiger partial charge in [-0.2, -0.15) is 0 Å². The molecular formula is C17H18ClNO2. The van der Waals surface area contributed by atoms with E-state index in [0.29, 0.717) is 5.02 Å². The molecule has 4 heteroatoms. The van der Waals surface area contributed by atoms with Crippen molar-refractivity contribution in [3.05, 3.63) is 65.2 Å². The minimum Gasteiger partial charge on any atom is -0.471 e. The van der Waals surface area contributed by atoms with Crippen molar-refractivity contribution in [3.63, 3.8) is 0 Å². The van der Waals surface area contributed by atoms with Crippen LogP contribution in [0, 0.1) is 0 Å². The highest BCUT2D eigenvalue weighted by Gasteiger charge is 2.24. The molecule has 1 fully saturated rings. The van der Waals surface area contributed by atoms with Gasteiger partial charge in [0, 0.05) is 23.7 Å². The molecule has 1 atom stereocenters. The lowest BCUT2D eigenvalue weighted by atomic mass is 10.1. The van der Waals surface area contributed by atoms with Crippen molar-refractivity contribution in [1.82, 2.24) is 4.90 Å². The second kappa shape index (κ2) is 6.94. The molecular weight excluding hydrogens is 286 g/mol. The monoisotopic (exact) mass is 303 g/mol. The van der Waals surface area contributed by atoms with E-state index in [-0.39, 0.29) is 6.23 Å². The lowest BCUT2D eigenvalue weighted by Gasteiger charge is -2.34. The second-order valence-electron chi connectivity index (χ2n) is 4.98. The average molecular weight is 304 g/mol. The number of halogens is 1. The van der Waals surface area contributed by atoms with Crippen LogP contribution in [0.1, 0.15) is 11.8 Å². The van der Waals surface area contributed by atoms with Crippen LogP contribution in [0.15, 0.2) is 54.6 Å². The van der Waals surface area contributed by atoms with E-state index in [1.54, 1.807) is 0 Å². The molecule has 1 saturated heterocycles. The number of hydrogen-bond acceptors (Lipinski definition) is 3. The molecule has 1 aliphatic rings. The van der Waals surface area contributed by atoms with Crippen LogP contribution >= 0.6 is 11.6 Å². The van der Waals surface area contributed by atoms with E-state index in [4.69, 9.17) is 21.1 Å². The highest BCUT2D eigenvalue weighted by Crippen LogP contribution is 2.27. The molecule has 0 aromatic heterocycles. The smallest absolute Gasteiger partial charge is 0.179 e. The molecule has 0 saturated carbocycles. The van der Waals surface area contributed by atoms with Gasteiger partial charge in [0.25, 0.3) is 0 Å². The van der Waals surface area contributed by atoms with Crippen molar-refractivity contribution in [1.29, 1.82) is 0 Å². The lowest BCUT2D eigenvalue weighted by Crippen LogP contribution is -2.41. The molecule has 3 nitrogen and oxygen atoms in total. The topological polar surface area (TPSA) is 21.7 Å². The van der Waals surface area contributed by atoms with Gasteiger partial charge in [0.2, 0.25) is 0 Å². The predicted octanol–water partition coefficient (Wildman–Crippen LogP) is 3.75. The molecule has 0 N–H and O–H groups in total. The van der Waals surface area contributed by atoms with Gasteiger partial charge < -0.3 is 9.47 Å². The Balaban J connectivity index is 1.83. The van der Waals surface area contributed by atoms with Crippen LogP contribution in [0.5, 0.6) is 5.75 Å². The van der Waals surface area contributed by atoms with E-state index in [1.807, 2.05) is 42.5 Å². The molecule has 3 rings (SSSR count). The maximum Gasteiger partial charge on any atom is 0.179 e. The molecule has 1 unspecified atom stereocenters. The minimum absolute atomic E-state index is 0.101. The van der Waals surface area contributed by atoms with Crippen LogP contribution in [-0.4, -0.2) is 31.2 Å². The molecule has 0 bridgehead atoms. The first-order valence-corrected chi connectivity index (χ1v) is 7.50. The molecule has 0 radical (unpaired) electrons. The van der Waals surface area contributed by atoms with Gasteiger partial charge in [-0.3, -0.25) is 4.90 Å². The summed E-state index contributed by atoms with van der Waals surface area (Å²) in [5, 5.41) is 0.713. The van der Waals surface area contributed by atoms with Crippen molar-refractivity contribution < 1.29 is 9.47 Å². The van der Waals surface area contributed by atoms with Gasteiger partial charge in [-0.05, 0) is 24.3 Å². The number of hydrogen-bond donors (Lipinski definition) is 0. The van der Waals surface area contributed by atoms with Gasteiger partial charge in [0.1, 0.15) is 5.75 Å². The maximum absolute atomic E-state index is 6.21. The zero-order valence-electron chi connectivity index (χ0n) is 11.7. The Morgan fingerprint density at radius 1 is 0.952 bits per heavy atom. The van der Waals surface area contributed by atoms with Crippen molar-refractivity contribution in [2.45, 2.75) is 6.23 Å². The van der Waals surface area contributed by atoms with Crippen LogP contribution in [-0.2, 0) is 4.74 Å². The number of nitrogens with zero attached hydrogens (tertiary/aromatic N) is 1. The van der Waals surface area contributed by atoms with Crippen LogP contribution in [0.3, 0.4) is 0 Å². The van der Waals surface area contributed by atoms with Gasteiger partial charge in [-0.15, -0.1) is 0 Å². The van der Waals surface area contributed by atoms with Gasteiger partial charge in [0.15, 0.2) is 6.23 Å².